The highest BCUT2D eigenvalue weighted by atomic mass is 32.1. The number of rotatable bonds is 2. The van der Waals surface area contributed by atoms with E-state index in [4.69, 9.17) is 4.74 Å². The van der Waals surface area contributed by atoms with Gasteiger partial charge in [0.25, 0.3) is 0 Å². The number of hydrogen-bond donors (Lipinski definition) is 1. The molecule has 0 spiro atoms. The summed E-state index contributed by atoms with van der Waals surface area (Å²) in [6, 6.07) is 3.97. The lowest BCUT2D eigenvalue weighted by molar-refractivity contribution is 0.314. The lowest BCUT2D eigenvalue weighted by atomic mass is 10.5. The monoisotopic (exact) mass is 190 g/mol. The second kappa shape index (κ2) is 3.95. The Morgan fingerprint density at radius 1 is 1.80 bits per heavy atom. The van der Waals surface area contributed by atoms with E-state index in [9.17, 15) is 0 Å². The molecule has 0 N–H and O–H groups in total. The first-order chi connectivity index (χ1) is 4.79. The first-order valence-corrected chi connectivity index (χ1v) is 4.40. The van der Waals surface area contributed by atoms with E-state index < -0.39 is 0 Å². The summed E-state index contributed by atoms with van der Waals surface area (Å²) in [5.41, 5.74) is 0. The van der Waals surface area contributed by atoms with Crippen molar-refractivity contribution in [2.75, 3.05) is 0 Å². The van der Waals surface area contributed by atoms with Crippen LogP contribution in [0.3, 0.4) is 0 Å². The maximum absolute atomic E-state index is 4.99. The molecule has 0 radical (unpaired) electrons. The maximum atomic E-state index is 4.99. The number of hydrogen-bond acceptors (Lipinski definition) is 3. The van der Waals surface area contributed by atoms with Gasteiger partial charge >= 0.3 is 0 Å². The molecule has 0 aromatic carbocycles. The second-order valence-corrected chi connectivity index (χ2v) is 3.75. The fourth-order valence-corrected chi connectivity index (χ4v) is 1.27. The van der Waals surface area contributed by atoms with Gasteiger partial charge in [-0.1, -0.05) is 18.7 Å². The zero-order chi connectivity index (χ0) is 7.40. The van der Waals surface area contributed by atoms with Crippen LogP contribution in [-0.4, -0.2) is 4.38 Å². The van der Waals surface area contributed by atoms with Crippen LogP contribution in [-0.2, 0) is 11.3 Å². The summed E-state index contributed by atoms with van der Waals surface area (Å²) in [4.78, 5) is 1.16. The van der Waals surface area contributed by atoms with Gasteiger partial charge in [-0.25, -0.2) is 0 Å². The third-order valence-corrected chi connectivity index (χ3v) is 2.01. The van der Waals surface area contributed by atoms with E-state index in [0.29, 0.717) is 11.0 Å². The Morgan fingerprint density at radius 2 is 2.60 bits per heavy atom. The van der Waals surface area contributed by atoms with E-state index in [-0.39, 0.29) is 0 Å². The predicted molar refractivity (Wildman–Crippen MR) is 50.7 cm³/mol. The van der Waals surface area contributed by atoms with Gasteiger partial charge in [0.1, 0.15) is 6.61 Å². The average Bonchev–Trinajstić information content (AvgIpc) is 2.34. The van der Waals surface area contributed by atoms with Crippen molar-refractivity contribution in [2.45, 2.75) is 6.61 Å². The number of thiocarbonyl (C=S) groups is 1. The molecule has 4 heteroatoms. The summed E-state index contributed by atoms with van der Waals surface area (Å²) in [5.74, 6) is 0. The number of thiophene rings is 1. The van der Waals surface area contributed by atoms with Gasteiger partial charge in [-0.2, -0.15) is 0 Å². The van der Waals surface area contributed by atoms with Crippen molar-refractivity contribution in [2.24, 2.45) is 0 Å². The van der Waals surface area contributed by atoms with Crippen LogP contribution in [0.25, 0.3) is 0 Å². The van der Waals surface area contributed by atoms with Crippen LogP contribution in [0.4, 0.5) is 0 Å². The highest BCUT2D eigenvalue weighted by molar-refractivity contribution is 8.10. The van der Waals surface area contributed by atoms with Crippen molar-refractivity contribution in [1.29, 1.82) is 0 Å². The molecule has 0 amide bonds. The molecular formula is C6H6OS3. The molecule has 1 aromatic rings. The van der Waals surface area contributed by atoms with Crippen LogP contribution < -0.4 is 0 Å². The molecule has 1 heterocycles. The molecule has 0 fully saturated rings. The fourth-order valence-electron chi connectivity index (χ4n) is 0.528. The Bertz CT molecular complexity index is 205. The van der Waals surface area contributed by atoms with Gasteiger partial charge in [-0.15, -0.1) is 11.3 Å². The highest BCUT2D eigenvalue weighted by Gasteiger charge is 1.93. The smallest absolute Gasteiger partial charge is 0.217 e. The molecule has 0 bridgehead atoms. The minimum atomic E-state index is 0.299. The van der Waals surface area contributed by atoms with Crippen molar-refractivity contribution in [3.63, 3.8) is 0 Å². The summed E-state index contributed by atoms with van der Waals surface area (Å²) in [6.07, 6.45) is 0. The van der Waals surface area contributed by atoms with Crippen LogP contribution in [0.1, 0.15) is 4.88 Å². The fraction of sp³-hybridized carbons (Fsp3) is 0.167. The molecule has 10 heavy (non-hydrogen) atoms. The Hall–Kier alpha value is -0.0600. The van der Waals surface area contributed by atoms with Crippen LogP contribution in [0.15, 0.2) is 17.5 Å². The van der Waals surface area contributed by atoms with Crippen LogP contribution in [0, 0.1) is 0 Å². The number of ether oxygens (including phenoxy) is 1. The molecule has 0 aliphatic carbocycles. The average molecular weight is 190 g/mol. The maximum Gasteiger partial charge on any atom is 0.217 e. The second-order valence-electron chi connectivity index (χ2n) is 1.63. The van der Waals surface area contributed by atoms with Crippen molar-refractivity contribution < 1.29 is 4.74 Å². The van der Waals surface area contributed by atoms with E-state index in [1.807, 2.05) is 17.5 Å². The van der Waals surface area contributed by atoms with Gasteiger partial charge in [-0.3, -0.25) is 0 Å². The molecular weight excluding hydrogens is 184 g/mol. The first-order valence-electron chi connectivity index (χ1n) is 2.67. The Balaban J connectivity index is 2.35. The molecule has 54 valence electrons. The summed E-state index contributed by atoms with van der Waals surface area (Å²) in [6.45, 7) is 0.542. The minimum absolute atomic E-state index is 0.299. The van der Waals surface area contributed by atoms with Gasteiger partial charge in [-0.05, 0) is 23.7 Å². The topological polar surface area (TPSA) is 9.23 Å². The molecule has 0 saturated heterocycles. The largest absolute Gasteiger partial charge is 0.473 e. The zero-order valence-corrected chi connectivity index (χ0v) is 7.64. The third-order valence-electron chi connectivity index (χ3n) is 0.918. The van der Waals surface area contributed by atoms with E-state index in [2.05, 4.69) is 24.8 Å². The van der Waals surface area contributed by atoms with Crippen LogP contribution in [0.5, 0.6) is 0 Å². The van der Waals surface area contributed by atoms with Gasteiger partial charge in [0.15, 0.2) is 0 Å². The van der Waals surface area contributed by atoms with Crippen LogP contribution >= 0.6 is 36.2 Å². The summed E-state index contributed by atoms with van der Waals surface area (Å²) < 4.78 is 5.29. The van der Waals surface area contributed by atoms with Crippen LogP contribution in [0.2, 0.25) is 0 Å². The van der Waals surface area contributed by atoms with Crippen molar-refractivity contribution >= 4 is 40.6 Å². The van der Waals surface area contributed by atoms with Gasteiger partial charge in [0.2, 0.25) is 4.38 Å². The SMILES string of the molecule is S=C(S)OCc1cccs1. The summed E-state index contributed by atoms with van der Waals surface area (Å²) >= 11 is 10.1. The first kappa shape index (κ1) is 8.04. The summed E-state index contributed by atoms with van der Waals surface area (Å²) in [5, 5.41) is 2.00. The quantitative estimate of drug-likeness (QED) is 0.567. The van der Waals surface area contributed by atoms with Gasteiger partial charge in [0.05, 0.1) is 0 Å². The molecule has 0 unspecified atom stereocenters. The number of thiol groups is 1. The van der Waals surface area contributed by atoms with E-state index in [1.54, 1.807) is 11.3 Å². The Labute approximate surface area is 74.4 Å². The molecule has 1 rings (SSSR count). The summed E-state index contributed by atoms with van der Waals surface area (Å²) in [7, 11) is 0. The predicted octanol–water partition coefficient (Wildman–Crippen LogP) is 2.48. The molecule has 0 saturated carbocycles. The standard InChI is InChI=1S/C6H6OS3/c8-6(9)7-4-5-2-1-3-10-5/h1-3H,4H2,(H,8,9). The van der Waals surface area contributed by atoms with Crippen molar-refractivity contribution in [3.8, 4) is 0 Å². The van der Waals surface area contributed by atoms with E-state index in [0.717, 1.165) is 4.88 Å². The van der Waals surface area contributed by atoms with Crippen molar-refractivity contribution in [1.82, 2.24) is 0 Å². The lowest BCUT2D eigenvalue weighted by Gasteiger charge is -1.97. The van der Waals surface area contributed by atoms with Crippen molar-refractivity contribution in [3.05, 3.63) is 22.4 Å². The molecule has 1 aromatic heterocycles. The molecule has 0 atom stereocenters. The lowest BCUT2D eigenvalue weighted by Crippen LogP contribution is -1.91. The normalized spacial score (nSPS) is 9.30. The van der Waals surface area contributed by atoms with E-state index >= 15 is 0 Å². The third kappa shape index (κ3) is 2.68. The van der Waals surface area contributed by atoms with E-state index in [1.165, 1.54) is 0 Å². The Morgan fingerprint density at radius 3 is 3.10 bits per heavy atom. The Kier molecular flexibility index (Phi) is 3.18. The minimum Gasteiger partial charge on any atom is -0.473 e. The molecule has 1 nitrogen and oxygen atoms in total. The van der Waals surface area contributed by atoms with Gasteiger partial charge < -0.3 is 4.74 Å². The molecule has 0 aliphatic rings. The zero-order valence-electron chi connectivity index (χ0n) is 5.11. The van der Waals surface area contributed by atoms with Gasteiger partial charge in [0, 0.05) is 4.88 Å². The highest BCUT2D eigenvalue weighted by Crippen LogP contribution is 2.09. The molecule has 0 aliphatic heterocycles.